The summed E-state index contributed by atoms with van der Waals surface area (Å²) in [4.78, 5) is 22.6. The number of carbonyl (C=O) groups is 2. The van der Waals surface area contributed by atoms with Gasteiger partial charge < -0.3 is 20.5 Å². The molecule has 1 heterocycles. The van der Waals surface area contributed by atoms with E-state index in [0.717, 1.165) is 0 Å². The van der Waals surface area contributed by atoms with E-state index in [0.29, 0.717) is 4.48 Å². The molecule has 0 bridgehead atoms. The van der Waals surface area contributed by atoms with Gasteiger partial charge in [0.25, 0.3) is 0 Å². The summed E-state index contributed by atoms with van der Waals surface area (Å²) in [5, 5.41) is 14.2. The van der Waals surface area contributed by atoms with Gasteiger partial charge in [-0.15, -0.1) is 0 Å². The SMILES string of the molecule is C=C(Br)CNC(=O)NC1COCC1(C)C(=O)O. The van der Waals surface area contributed by atoms with Crippen molar-refractivity contribution >= 4 is 27.9 Å². The summed E-state index contributed by atoms with van der Waals surface area (Å²) >= 11 is 3.11. The molecule has 0 saturated carbocycles. The van der Waals surface area contributed by atoms with E-state index in [4.69, 9.17) is 9.84 Å². The van der Waals surface area contributed by atoms with Gasteiger partial charge in [-0.05, 0) is 6.92 Å². The van der Waals surface area contributed by atoms with Crippen molar-refractivity contribution in [2.24, 2.45) is 5.41 Å². The second-order valence-corrected chi connectivity index (χ2v) is 5.26. The minimum absolute atomic E-state index is 0.0957. The molecule has 1 fully saturated rings. The Kier molecular flexibility index (Phi) is 4.53. The van der Waals surface area contributed by atoms with E-state index in [1.54, 1.807) is 6.92 Å². The van der Waals surface area contributed by atoms with Crippen molar-refractivity contribution in [3.8, 4) is 0 Å². The second-order valence-electron chi connectivity index (χ2n) is 4.13. The van der Waals surface area contributed by atoms with Crippen molar-refractivity contribution in [3.63, 3.8) is 0 Å². The lowest BCUT2D eigenvalue weighted by Gasteiger charge is -2.25. The number of aliphatic carboxylic acids is 1. The van der Waals surface area contributed by atoms with E-state index in [2.05, 4.69) is 33.1 Å². The zero-order valence-corrected chi connectivity index (χ0v) is 11.0. The molecule has 1 rings (SSSR count). The zero-order chi connectivity index (χ0) is 13.1. The molecule has 6 nitrogen and oxygen atoms in total. The Morgan fingerprint density at radius 3 is 2.82 bits per heavy atom. The third-order valence-corrected chi connectivity index (χ3v) is 2.97. The predicted molar refractivity (Wildman–Crippen MR) is 65.0 cm³/mol. The molecule has 0 aromatic heterocycles. The molecule has 0 radical (unpaired) electrons. The highest BCUT2D eigenvalue weighted by Crippen LogP contribution is 2.28. The molecule has 0 aliphatic carbocycles. The maximum absolute atomic E-state index is 11.5. The van der Waals surface area contributed by atoms with Crippen LogP contribution in [0.1, 0.15) is 6.92 Å². The summed E-state index contributed by atoms with van der Waals surface area (Å²) < 4.78 is 5.75. The number of hydrogen-bond donors (Lipinski definition) is 3. The zero-order valence-electron chi connectivity index (χ0n) is 9.46. The quantitative estimate of drug-likeness (QED) is 0.713. The van der Waals surface area contributed by atoms with Crippen LogP contribution >= 0.6 is 15.9 Å². The number of nitrogens with one attached hydrogen (secondary N) is 2. The maximum Gasteiger partial charge on any atom is 0.315 e. The Morgan fingerprint density at radius 1 is 1.65 bits per heavy atom. The van der Waals surface area contributed by atoms with E-state index < -0.39 is 23.5 Å². The molecular formula is C10H15BrN2O4. The van der Waals surface area contributed by atoms with Gasteiger partial charge in [0.05, 0.1) is 25.8 Å². The molecule has 2 amide bonds. The number of rotatable bonds is 4. The summed E-state index contributed by atoms with van der Waals surface area (Å²) in [6, 6.07) is -0.975. The van der Waals surface area contributed by atoms with Crippen LogP contribution in [0.15, 0.2) is 11.1 Å². The molecule has 0 aromatic carbocycles. The fourth-order valence-corrected chi connectivity index (χ4v) is 1.61. The smallest absolute Gasteiger partial charge is 0.315 e. The lowest BCUT2D eigenvalue weighted by atomic mass is 9.85. The highest BCUT2D eigenvalue weighted by Gasteiger charge is 2.47. The maximum atomic E-state index is 11.5. The van der Waals surface area contributed by atoms with Crippen LogP contribution in [0.4, 0.5) is 4.79 Å². The Morgan fingerprint density at radius 2 is 2.29 bits per heavy atom. The first-order valence-electron chi connectivity index (χ1n) is 5.05. The fourth-order valence-electron chi connectivity index (χ4n) is 1.47. The van der Waals surface area contributed by atoms with E-state index in [1.807, 2.05) is 0 Å². The molecule has 96 valence electrons. The number of urea groups is 1. The third kappa shape index (κ3) is 3.44. The van der Waals surface area contributed by atoms with Gasteiger partial charge in [0.15, 0.2) is 0 Å². The van der Waals surface area contributed by atoms with Crippen LogP contribution in [0.2, 0.25) is 0 Å². The Bertz CT molecular complexity index is 347. The van der Waals surface area contributed by atoms with Gasteiger partial charge in [-0.1, -0.05) is 22.5 Å². The summed E-state index contributed by atoms with van der Waals surface area (Å²) in [5.41, 5.74) is -1.08. The summed E-state index contributed by atoms with van der Waals surface area (Å²) in [5.74, 6) is -0.981. The lowest BCUT2D eigenvalue weighted by molar-refractivity contribution is -0.148. The summed E-state index contributed by atoms with van der Waals surface area (Å²) in [7, 11) is 0. The largest absolute Gasteiger partial charge is 0.481 e. The topological polar surface area (TPSA) is 87.7 Å². The van der Waals surface area contributed by atoms with Crippen molar-refractivity contribution in [3.05, 3.63) is 11.1 Å². The van der Waals surface area contributed by atoms with Crippen molar-refractivity contribution in [1.29, 1.82) is 0 Å². The predicted octanol–water partition coefficient (Wildman–Crippen LogP) is 0.684. The average molecular weight is 307 g/mol. The lowest BCUT2D eigenvalue weighted by Crippen LogP contribution is -2.52. The van der Waals surface area contributed by atoms with E-state index in [1.165, 1.54) is 0 Å². The minimum Gasteiger partial charge on any atom is -0.481 e. The van der Waals surface area contributed by atoms with Gasteiger partial charge in [0, 0.05) is 4.48 Å². The van der Waals surface area contributed by atoms with Crippen LogP contribution in [0, 0.1) is 5.41 Å². The molecule has 0 aromatic rings. The van der Waals surface area contributed by atoms with E-state index in [9.17, 15) is 9.59 Å². The van der Waals surface area contributed by atoms with Crippen LogP contribution in [0.5, 0.6) is 0 Å². The Balaban J connectivity index is 2.53. The van der Waals surface area contributed by atoms with Gasteiger partial charge in [0.2, 0.25) is 0 Å². The number of carbonyl (C=O) groups excluding carboxylic acids is 1. The van der Waals surface area contributed by atoms with Crippen molar-refractivity contribution < 1.29 is 19.4 Å². The number of halogens is 1. The first-order valence-corrected chi connectivity index (χ1v) is 5.84. The number of carboxylic acid groups (broad SMARTS) is 1. The fraction of sp³-hybridized carbons (Fsp3) is 0.600. The molecule has 1 saturated heterocycles. The molecule has 17 heavy (non-hydrogen) atoms. The van der Waals surface area contributed by atoms with Gasteiger partial charge in [-0.3, -0.25) is 4.79 Å². The molecule has 3 N–H and O–H groups in total. The van der Waals surface area contributed by atoms with Gasteiger partial charge in [0.1, 0.15) is 5.41 Å². The van der Waals surface area contributed by atoms with Crippen LogP contribution in [0.3, 0.4) is 0 Å². The van der Waals surface area contributed by atoms with Crippen molar-refractivity contribution in [2.75, 3.05) is 19.8 Å². The molecule has 7 heteroatoms. The van der Waals surface area contributed by atoms with Crippen LogP contribution < -0.4 is 10.6 Å². The number of carboxylic acids is 1. The molecule has 1 aliphatic heterocycles. The molecular weight excluding hydrogens is 292 g/mol. The third-order valence-electron chi connectivity index (χ3n) is 2.69. The summed E-state index contributed by atoms with van der Waals surface area (Å²) in [6.07, 6.45) is 0. The van der Waals surface area contributed by atoms with Crippen LogP contribution in [0.25, 0.3) is 0 Å². The van der Waals surface area contributed by atoms with Gasteiger partial charge >= 0.3 is 12.0 Å². The number of amides is 2. The second kappa shape index (κ2) is 5.50. The van der Waals surface area contributed by atoms with Crippen LogP contribution in [-0.2, 0) is 9.53 Å². The van der Waals surface area contributed by atoms with Gasteiger partial charge in [-0.2, -0.15) is 0 Å². The highest BCUT2D eigenvalue weighted by molar-refractivity contribution is 9.11. The summed E-state index contributed by atoms with van der Waals surface area (Å²) in [6.45, 7) is 5.70. The highest BCUT2D eigenvalue weighted by atomic mass is 79.9. The minimum atomic E-state index is -1.08. The Hall–Kier alpha value is -1.08. The van der Waals surface area contributed by atoms with E-state index in [-0.39, 0.29) is 19.8 Å². The number of ether oxygens (including phenoxy) is 1. The first kappa shape index (κ1) is 14.0. The molecule has 1 aliphatic rings. The van der Waals surface area contributed by atoms with E-state index >= 15 is 0 Å². The monoisotopic (exact) mass is 306 g/mol. The van der Waals surface area contributed by atoms with Crippen molar-refractivity contribution in [1.82, 2.24) is 10.6 Å². The Labute approximate surface area is 108 Å². The van der Waals surface area contributed by atoms with Crippen molar-refractivity contribution in [2.45, 2.75) is 13.0 Å². The molecule has 2 atom stereocenters. The standard InChI is InChI=1S/C10H15BrN2O4/c1-6(11)3-12-9(16)13-7-4-17-5-10(7,2)8(14)15/h7H,1,3-5H2,2H3,(H,14,15)(H2,12,13,16). The van der Waals surface area contributed by atoms with Crippen LogP contribution in [-0.4, -0.2) is 42.9 Å². The molecule has 0 spiro atoms. The normalized spacial score (nSPS) is 27.5. The molecule has 2 unspecified atom stereocenters. The number of hydrogen-bond acceptors (Lipinski definition) is 3. The average Bonchev–Trinajstić information content (AvgIpc) is 2.59. The first-order chi connectivity index (χ1) is 7.86. The van der Waals surface area contributed by atoms with Gasteiger partial charge in [-0.25, -0.2) is 4.79 Å².